The SMILES string of the molecule is CCNC(=O)c1ccc(Nc2cnc(Oc3ccc(C(=O)N(C)C)cc3)c(CC3CCOC3)c2)nc1. The van der Waals surface area contributed by atoms with Gasteiger partial charge < -0.3 is 25.0 Å². The van der Waals surface area contributed by atoms with E-state index in [1.165, 1.54) is 4.90 Å². The minimum atomic E-state index is -0.153. The number of hydrogen-bond acceptors (Lipinski definition) is 7. The molecule has 0 saturated carbocycles. The Morgan fingerprint density at radius 1 is 1.08 bits per heavy atom. The number of hydrogen-bond donors (Lipinski definition) is 2. The third-order valence-electron chi connectivity index (χ3n) is 5.82. The molecule has 0 aliphatic carbocycles. The quantitative estimate of drug-likeness (QED) is 0.467. The number of rotatable bonds is 9. The lowest BCUT2D eigenvalue weighted by molar-refractivity contribution is 0.0827. The standard InChI is InChI=1S/C27H31N5O4/c1-4-28-25(33)20-7-10-24(29-15-20)31-22-14-21(13-18-11-12-35-17-18)26(30-16-22)36-23-8-5-19(6-9-23)27(34)32(2)3/h5-10,14-16,18H,4,11-13,17H2,1-3H3,(H,28,33)(H,29,31). The molecule has 2 amide bonds. The highest BCUT2D eigenvalue weighted by Gasteiger charge is 2.20. The van der Waals surface area contributed by atoms with Crippen LogP contribution < -0.4 is 15.4 Å². The molecule has 9 nitrogen and oxygen atoms in total. The summed E-state index contributed by atoms with van der Waals surface area (Å²) in [5.41, 5.74) is 2.81. The van der Waals surface area contributed by atoms with E-state index in [1.807, 2.05) is 13.0 Å². The topological polar surface area (TPSA) is 106 Å². The van der Waals surface area contributed by atoms with Crippen molar-refractivity contribution in [3.05, 3.63) is 71.5 Å². The number of benzene rings is 1. The number of nitrogens with zero attached hydrogens (tertiary/aromatic N) is 3. The third kappa shape index (κ3) is 6.37. The van der Waals surface area contributed by atoms with E-state index in [4.69, 9.17) is 9.47 Å². The summed E-state index contributed by atoms with van der Waals surface area (Å²) in [5, 5.41) is 6.01. The number of pyridine rings is 2. The maximum Gasteiger partial charge on any atom is 0.253 e. The van der Waals surface area contributed by atoms with E-state index in [-0.39, 0.29) is 11.8 Å². The molecule has 0 bridgehead atoms. The Morgan fingerprint density at radius 3 is 2.50 bits per heavy atom. The van der Waals surface area contributed by atoms with Crippen LogP contribution in [0.3, 0.4) is 0 Å². The van der Waals surface area contributed by atoms with Crippen molar-refractivity contribution in [1.29, 1.82) is 0 Å². The van der Waals surface area contributed by atoms with Crippen molar-refractivity contribution in [1.82, 2.24) is 20.2 Å². The van der Waals surface area contributed by atoms with Crippen LogP contribution in [0.5, 0.6) is 11.6 Å². The van der Waals surface area contributed by atoms with Gasteiger partial charge in [-0.05, 0) is 68.1 Å². The normalized spacial score (nSPS) is 14.8. The summed E-state index contributed by atoms with van der Waals surface area (Å²) in [6.07, 6.45) is 4.98. The van der Waals surface area contributed by atoms with E-state index < -0.39 is 0 Å². The lowest BCUT2D eigenvalue weighted by Crippen LogP contribution is -2.22. The monoisotopic (exact) mass is 489 g/mol. The maximum atomic E-state index is 12.2. The van der Waals surface area contributed by atoms with Gasteiger partial charge in [0.2, 0.25) is 5.88 Å². The average molecular weight is 490 g/mol. The number of nitrogens with one attached hydrogen (secondary N) is 2. The number of carbonyl (C=O) groups excluding carboxylic acids is 2. The van der Waals surface area contributed by atoms with Crippen LogP contribution in [0.25, 0.3) is 0 Å². The molecule has 4 rings (SSSR count). The first-order chi connectivity index (χ1) is 17.4. The lowest BCUT2D eigenvalue weighted by atomic mass is 9.99. The molecule has 188 valence electrons. The van der Waals surface area contributed by atoms with E-state index in [1.54, 1.807) is 62.9 Å². The van der Waals surface area contributed by atoms with E-state index in [2.05, 4.69) is 20.6 Å². The molecular weight excluding hydrogens is 458 g/mol. The molecule has 1 unspecified atom stereocenters. The molecule has 36 heavy (non-hydrogen) atoms. The summed E-state index contributed by atoms with van der Waals surface area (Å²) in [7, 11) is 3.44. The second-order valence-electron chi connectivity index (χ2n) is 8.86. The van der Waals surface area contributed by atoms with Gasteiger partial charge in [-0.2, -0.15) is 0 Å². The summed E-state index contributed by atoms with van der Waals surface area (Å²) in [6, 6.07) is 12.5. The van der Waals surface area contributed by atoms with Gasteiger partial charge in [0.25, 0.3) is 11.8 Å². The van der Waals surface area contributed by atoms with Gasteiger partial charge in [-0.15, -0.1) is 0 Å². The minimum absolute atomic E-state index is 0.0651. The number of amides is 2. The van der Waals surface area contributed by atoms with Crippen LogP contribution >= 0.6 is 0 Å². The molecule has 3 heterocycles. The zero-order valence-electron chi connectivity index (χ0n) is 20.8. The fourth-order valence-electron chi connectivity index (χ4n) is 3.91. The van der Waals surface area contributed by atoms with E-state index >= 15 is 0 Å². The molecule has 1 aliphatic heterocycles. The molecule has 2 N–H and O–H groups in total. The number of aromatic nitrogens is 2. The molecule has 1 saturated heterocycles. The van der Waals surface area contributed by atoms with Gasteiger partial charge in [0.15, 0.2) is 0 Å². The molecule has 1 atom stereocenters. The highest BCUT2D eigenvalue weighted by Crippen LogP contribution is 2.30. The van der Waals surface area contributed by atoms with Gasteiger partial charge in [0, 0.05) is 51.2 Å². The van der Waals surface area contributed by atoms with Gasteiger partial charge in [0.1, 0.15) is 11.6 Å². The van der Waals surface area contributed by atoms with Gasteiger partial charge >= 0.3 is 0 Å². The summed E-state index contributed by atoms with van der Waals surface area (Å²) in [4.78, 5) is 34.6. The molecule has 3 aromatic rings. The van der Waals surface area contributed by atoms with Crippen molar-refractivity contribution < 1.29 is 19.1 Å². The van der Waals surface area contributed by atoms with Crippen LogP contribution in [0, 0.1) is 5.92 Å². The summed E-state index contributed by atoms with van der Waals surface area (Å²) < 4.78 is 11.7. The van der Waals surface area contributed by atoms with E-state index in [9.17, 15) is 9.59 Å². The number of carbonyl (C=O) groups is 2. The average Bonchev–Trinajstić information content (AvgIpc) is 3.39. The highest BCUT2D eigenvalue weighted by molar-refractivity contribution is 5.94. The fraction of sp³-hybridized carbons (Fsp3) is 0.333. The van der Waals surface area contributed by atoms with Crippen LogP contribution in [0.4, 0.5) is 11.5 Å². The van der Waals surface area contributed by atoms with E-state index in [0.717, 1.165) is 30.7 Å². The molecule has 1 aliphatic rings. The van der Waals surface area contributed by atoms with Crippen LogP contribution in [0.2, 0.25) is 0 Å². The van der Waals surface area contributed by atoms with Gasteiger partial charge in [-0.3, -0.25) is 9.59 Å². The maximum absolute atomic E-state index is 12.2. The van der Waals surface area contributed by atoms with Crippen LogP contribution in [-0.4, -0.2) is 60.5 Å². The van der Waals surface area contributed by atoms with Crippen molar-refractivity contribution in [3.8, 4) is 11.6 Å². The Hall–Kier alpha value is -3.98. The van der Waals surface area contributed by atoms with Crippen LogP contribution in [-0.2, 0) is 11.2 Å². The fourth-order valence-corrected chi connectivity index (χ4v) is 3.91. The van der Waals surface area contributed by atoms with E-state index in [0.29, 0.717) is 47.6 Å². The van der Waals surface area contributed by atoms with Crippen molar-refractivity contribution >= 4 is 23.3 Å². The van der Waals surface area contributed by atoms with Crippen molar-refractivity contribution in [2.24, 2.45) is 5.92 Å². The Kier molecular flexibility index (Phi) is 8.12. The molecule has 0 spiro atoms. The number of anilines is 2. The Balaban J connectivity index is 1.52. The molecule has 9 heteroatoms. The van der Waals surface area contributed by atoms with Crippen molar-refractivity contribution in [2.45, 2.75) is 19.8 Å². The molecular formula is C27H31N5O4. The first kappa shape index (κ1) is 25.1. The Morgan fingerprint density at radius 2 is 1.86 bits per heavy atom. The summed E-state index contributed by atoms with van der Waals surface area (Å²) in [5.74, 6) is 1.89. The van der Waals surface area contributed by atoms with Crippen molar-refractivity contribution in [3.63, 3.8) is 0 Å². The second-order valence-corrected chi connectivity index (χ2v) is 8.86. The highest BCUT2D eigenvalue weighted by atomic mass is 16.5. The molecule has 0 radical (unpaired) electrons. The van der Waals surface area contributed by atoms with Crippen molar-refractivity contribution in [2.75, 3.05) is 39.2 Å². The first-order valence-corrected chi connectivity index (χ1v) is 12.0. The van der Waals surface area contributed by atoms with Gasteiger partial charge in [-0.25, -0.2) is 9.97 Å². The smallest absolute Gasteiger partial charge is 0.253 e. The third-order valence-corrected chi connectivity index (χ3v) is 5.82. The predicted molar refractivity (Wildman–Crippen MR) is 137 cm³/mol. The van der Waals surface area contributed by atoms with Gasteiger partial charge in [0.05, 0.1) is 17.4 Å². The Labute approximate surface area is 210 Å². The largest absolute Gasteiger partial charge is 0.439 e. The Bertz CT molecular complexity index is 1190. The molecule has 1 fully saturated rings. The zero-order valence-corrected chi connectivity index (χ0v) is 20.8. The minimum Gasteiger partial charge on any atom is -0.439 e. The predicted octanol–water partition coefficient (Wildman–Crippen LogP) is 4.04. The first-order valence-electron chi connectivity index (χ1n) is 12.0. The van der Waals surface area contributed by atoms with Crippen LogP contribution in [0.1, 0.15) is 39.6 Å². The van der Waals surface area contributed by atoms with Crippen LogP contribution in [0.15, 0.2) is 54.9 Å². The lowest BCUT2D eigenvalue weighted by Gasteiger charge is -2.15. The number of ether oxygens (including phenoxy) is 2. The second kappa shape index (κ2) is 11.6. The molecule has 2 aromatic heterocycles. The molecule has 1 aromatic carbocycles. The zero-order chi connectivity index (χ0) is 25.5. The van der Waals surface area contributed by atoms with Gasteiger partial charge in [-0.1, -0.05) is 0 Å². The summed E-state index contributed by atoms with van der Waals surface area (Å²) >= 11 is 0. The summed E-state index contributed by atoms with van der Waals surface area (Å²) in [6.45, 7) is 3.90.